The average molecular weight is 325 g/mol. The second-order valence-corrected chi connectivity index (χ2v) is 4.54. The van der Waals surface area contributed by atoms with E-state index >= 15 is 0 Å². The topological polar surface area (TPSA) is 92.3 Å². The fourth-order valence-electron chi connectivity index (χ4n) is 1.64. The fraction of sp³-hybridized carbons (Fsp3) is 0.0833. The van der Waals surface area contributed by atoms with Gasteiger partial charge in [0.15, 0.2) is 0 Å². The molecule has 2 rings (SSSR count). The highest BCUT2D eigenvalue weighted by Crippen LogP contribution is 2.32. The molecule has 0 aliphatic rings. The standard InChI is InChI=1S/C12H9BrN2O4/c1-19-9-3-2-6(13)4-7(9)10-8(11(16)17)5-14-12(18)15-10/h2-5H,1H3,(H,16,17)(H,14,15,18). The van der Waals surface area contributed by atoms with Crippen LogP contribution >= 0.6 is 15.9 Å². The molecule has 0 aliphatic carbocycles. The van der Waals surface area contributed by atoms with Crippen molar-refractivity contribution in [1.29, 1.82) is 0 Å². The van der Waals surface area contributed by atoms with E-state index in [0.717, 1.165) is 10.7 Å². The maximum atomic E-state index is 11.3. The molecule has 0 amide bonds. The smallest absolute Gasteiger partial charge is 0.345 e. The number of carboxylic acid groups (broad SMARTS) is 1. The minimum Gasteiger partial charge on any atom is -0.496 e. The lowest BCUT2D eigenvalue weighted by Gasteiger charge is -2.10. The van der Waals surface area contributed by atoms with Gasteiger partial charge in [0.25, 0.3) is 0 Å². The maximum Gasteiger partial charge on any atom is 0.345 e. The quantitative estimate of drug-likeness (QED) is 0.899. The summed E-state index contributed by atoms with van der Waals surface area (Å²) in [6.07, 6.45) is 1.02. The highest BCUT2D eigenvalue weighted by Gasteiger charge is 2.17. The van der Waals surface area contributed by atoms with Gasteiger partial charge in [-0.15, -0.1) is 0 Å². The van der Waals surface area contributed by atoms with Gasteiger partial charge in [0.2, 0.25) is 0 Å². The van der Waals surface area contributed by atoms with Crippen LogP contribution in [0.4, 0.5) is 0 Å². The zero-order valence-electron chi connectivity index (χ0n) is 9.81. The number of benzene rings is 1. The Kier molecular flexibility index (Phi) is 3.66. The third-order valence-electron chi connectivity index (χ3n) is 2.47. The Morgan fingerprint density at radius 3 is 2.84 bits per heavy atom. The van der Waals surface area contributed by atoms with Crippen molar-refractivity contribution in [3.05, 3.63) is 44.9 Å². The van der Waals surface area contributed by atoms with Gasteiger partial charge in [-0.2, -0.15) is 0 Å². The molecular weight excluding hydrogens is 316 g/mol. The van der Waals surface area contributed by atoms with Gasteiger partial charge in [0, 0.05) is 16.2 Å². The van der Waals surface area contributed by atoms with Crippen LogP contribution in [0.1, 0.15) is 10.4 Å². The van der Waals surface area contributed by atoms with Gasteiger partial charge in [-0.1, -0.05) is 15.9 Å². The Morgan fingerprint density at radius 1 is 1.47 bits per heavy atom. The summed E-state index contributed by atoms with van der Waals surface area (Å²) >= 11 is 3.29. The van der Waals surface area contributed by atoms with E-state index < -0.39 is 11.7 Å². The summed E-state index contributed by atoms with van der Waals surface area (Å²) in [7, 11) is 1.46. The molecule has 0 atom stereocenters. The molecule has 7 heteroatoms. The first-order valence-electron chi connectivity index (χ1n) is 5.19. The van der Waals surface area contributed by atoms with Crippen molar-refractivity contribution in [1.82, 2.24) is 9.97 Å². The molecule has 0 aliphatic heterocycles. The Morgan fingerprint density at radius 2 is 2.21 bits per heavy atom. The normalized spacial score (nSPS) is 10.2. The molecule has 1 aromatic carbocycles. The first kappa shape index (κ1) is 13.3. The molecule has 2 N–H and O–H groups in total. The van der Waals surface area contributed by atoms with E-state index in [-0.39, 0.29) is 11.3 Å². The van der Waals surface area contributed by atoms with Crippen LogP contribution < -0.4 is 10.4 Å². The van der Waals surface area contributed by atoms with Gasteiger partial charge in [0.1, 0.15) is 11.3 Å². The number of aromatic amines is 1. The van der Waals surface area contributed by atoms with E-state index in [1.54, 1.807) is 18.2 Å². The highest BCUT2D eigenvalue weighted by atomic mass is 79.9. The van der Waals surface area contributed by atoms with Gasteiger partial charge in [-0.25, -0.2) is 14.6 Å². The van der Waals surface area contributed by atoms with Gasteiger partial charge in [-0.05, 0) is 18.2 Å². The van der Waals surface area contributed by atoms with Gasteiger partial charge >= 0.3 is 11.7 Å². The fourth-order valence-corrected chi connectivity index (χ4v) is 2.01. The molecule has 1 aromatic heterocycles. The largest absolute Gasteiger partial charge is 0.496 e. The molecule has 0 unspecified atom stereocenters. The number of carbonyl (C=O) groups is 1. The molecule has 0 saturated carbocycles. The number of methoxy groups -OCH3 is 1. The number of rotatable bonds is 3. The third kappa shape index (κ3) is 2.65. The van der Waals surface area contributed by atoms with E-state index in [1.165, 1.54) is 7.11 Å². The lowest BCUT2D eigenvalue weighted by molar-refractivity contribution is 0.0697. The number of H-pyrrole nitrogens is 1. The molecule has 0 fully saturated rings. The third-order valence-corrected chi connectivity index (χ3v) is 2.97. The zero-order chi connectivity index (χ0) is 14.0. The van der Waals surface area contributed by atoms with Crippen LogP contribution in [0, 0.1) is 0 Å². The molecular formula is C12H9BrN2O4. The van der Waals surface area contributed by atoms with E-state index in [0.29, 0.717) is 11.3 Å². The van der Waals surface area contributed by atoms with Crippen molar-refractivity contribution >= 4 is 21.9 Å². The number of nitrogens with one attached hydrogen (secondary N) is 1. The minimum atomic E-state index is -1.18. The van der Waals surface area contributed by atoms with Crippen LogP contribution in [0.2, 0.25) is 0 Å². The SMILES string of the molecule is COc1ccc(Br)cc1-c1[nH]c(=O)ncc1C(=O)O. The molecule has 0 bridgehead atoms. The van der Waals surface area contributed by atoms with Gasteiger partial charge in [-0.3, -0.25) is 0 Å². The Hall–Kier alpha value is -2.15. The van der Waals surface area contributed by atoms with Gasteiger partial charge in [0.05, 0.1) is 12.8 Å². The van der Waals surface area contributed by atoms with Crippen LogP contribution in [0.3, 0.4) is 0 Å². The van der Waals surface area contributed by atoms with Crippen LogP contribution in [-0.4, -0.2) is 28.2 Å². The van der Waals surface area contributed by atoms with Crippen LogP contribution in [0.25, 0.3) is 11.3 Å². The van der Waals surface area contributed by atoms with Crippen LogP contribution in [0.15, 0.2) is 33.7 Å². The number of hydrogen-bond donors (Lipinski definition) is 2. The molecule has 0 saturated heterocycles. The summed E-state index contributed by atoms with van der Waals surface area (Å²) in [5.74, 6) is -0.728. The lowest BCUT2D eigenvalue weighted by atomic mass is 10.1. The van der Waals surface area contributed by atoms with Crippen molar-refractivity contribution in [2.75, 3.05) is 7.11 Å². The second kappa shape index (κ2) is 5.23. The van der Waals surface area contributed by atoms with E-state index in [2.05, 4.69) is 25.9 Å². The molecule has 0 spiro atoms. The predicted octanol–water partition coefficient (Wildman–Crippen LogP) is 1.91. The first-order chi connectivity index (χ1) is 9.02. The first-order valence-corrected chi connectivity index (χ1v) is 5.98. The Balaban J connectivity index is 2.77. The molecule has 0 radical (unpaired) electrons. The van der Waals surface area contributed by atoms with Gasteiger partial charge < -0.3 is 14.8 Å². The number of carboxylic acids is 1. The number of ether oxygens (including phenoxy) is 1. The molecule has 98 valence electrons. The summed E-state index contributed by atoms with van der Waals surface area (Å²) in [4.78, 5) is 28.3. The van der Waals surface area contributed by atoms with Crippen molar-refractivity contribution in [2.45, 2.75) is 0 Å². The predicted molar refractivity (Wildman–Crippen MR) is 71.5 cm³/mol. The van der Waals surface area contributed by atoms with Crippen molar-refractivity contribution in [3.8, 4) is 17.0 Å². The summed E-state index contributed by atoms with van der Waals surface area (Å²) < 4.78 is 5.91. The van der Waals surface area contributed by atoms with Crippen molar-refractivity contribution in [3.63, 3.8) is 0 Å². The number of aromatic nitrogens is 2. The summed E-state index contributed by atoms with van der Waals surface area (Å²) in [6.45, 7) is 0. The van der Waals surface area contributed by atoms with Crippen LogP contribution in [-0.2, 0) is 0 Å². The summed E-state index contributed by atoms with van der Waals surface area (Å²) in [5, 5.41) is 9.14. The van der Waals surface area contributed by atoms with Crippen LogP contribution in [0.5, 0.6) is 5.75 Å². The second-order valence-electron chi connectivity index (χ2n) is 3.63. The summed E-state index contributed by atoms with van der Waals surface area (Å²) in [6, 6.07) is 5.09. The average Bonchev–Trinajstić information content (AvgIpc) is 2.38. The van der Waals surface area contributed by atoms with Crippen molar-refractivity contribution < 1.29 is 14.6 Å². The monoisotopic (exact) mass is 324 g/mol. The Bertz CT molecular complexity index is 696. The highest BCUT2D eigenvalue weighted by molar-refractivity contribution is 9.10. The number of nitrogens with zero attached hydrogens (tertiary/aromatic N) is 1. The molecule has 6 nitrogen and oxygen atoms in total. The summed E-state index contributed by atoms with van der Waals surface area (Å²) in [5.41, 5.74) is -0.0996. The zero-order valence-corrected chi connectivity index (χ0v) is 11.4. The van der Waals surface area contributed by atoms with E-state index in [4.69, 9.17) is 9.84 Å². The number of hydrogen-bond acceptors (Lipinski definition) is 4. The van der Waals surface area contributed by atoms with Crippen molar-refractivity contribution in [2.24, 2.45) is 0 Å². The minimum absolute atomic E-state index is 0.101. The van der Waals surface area contributed by atoms with E-state index in [1.807, 2.05) is 0 Å². The molecule has 19 heavy (non-hydrogen) atoms. The Labute approximate surface area is 116 Å². The number of halogens is 1. The lowest BCUT2D eigenvalue weighted by Crippen LogP contribution is -2.15. The number of aromatic carboxylic acids is 1. The molecule has 1 heterocycles. The molecule has 2 aromatic rings. The van der Waals surface area contributed by atoms with E-state index in [9.17, 15) is 9.59 Å². The maximum absolute atomic E-state index is 11.3.